The standard InChI is InChI=1S/C24H25BrN2O3S/c1-19-7-9-21(10-8-19)17-27(31(29,30)23-13-11-22(25)12-14-23)18-24(28)26-16-15-20-5-3-2-4-6-20/h2-14H,15-18H2,1H3,(H,26,28). The van der Waals surface area contributed by atoms with Gasteiger partial charge in [-0.05, 0) is 48.7 Å². The molecule has 0 spiro atoms. The molecule has 0 aliphatic carbocycles. The fourth-order valence-electron chi connectivity index (χ4n) is 3.09. The molecule has 0 atom stereocenters. The average Bonchev–Trinajstić information content (AvgIpc) is 2.76. The molecule has 162 valence electrons. The second-order valence-electron chi connectivity index (χ2n) is 7.30. The summed E-state index contributed by atoms with van der Waals surface area (Å²) in [6, 6.07) is 23.9. The Morgan fingerprint density at radius 1 is 0.903 bits per heavy atom. The van der Waals surface area contributed by atoms with Crippen molar-refractivity contribution in [2.45, 2.75) is 24.8 Å². The molecule has 31 heavy (non-hydrogen) atoms. The molecule has 5 nitrogen and oxygen atoms in total. The highest BCUT2D eigenvalue weighted by Crippen LogP contribution is 2.21. The number of amides is 1. The van der Waals surface area contributed by atoms with Gasteiger partial charge in [0, 0.05) is 17.6 Å². The maximum atomic E-state index is 13.3. The van der Waals surface area contributed by atoms with Gasteiger partial charge in [-0.1, -0.05) is 76.1 Å². The second-order valence-corrected chi connectivity index (χ2v) is 10.2. The van der Waals surface area contributed by atoms with Crippen LogP contribution in [0.3, 0.4) is 0 Å². The molecule has 7 heteroatoms. The number of sulfonamides is 1. The lowest BCUT2D eigenvalue weighted by Gasteiger charge is -2.22. The van der Waals surface area contributed by atoms with E-state index >= 15 is 0 Å². The molecule has 0 heterocycles. The molecule has 3 rings (SSSR count). The summed E-state index contributed by atoms with van der Waals surface area (Å²) in [4.78, 5) is 12.7. The first-order valence-corrected chi connectivity index (χ1v) is 12.2. The first-order chi connectivity index (χ1) is 14.8. The van der Waals surface area contributed by atoms with Gasteiger partial charge in [-0.3, -0.25) is 4.79 Å². The van der Waals surface area contributed by atoms with Crippen LogP contribution in [-0.4, -0.2) is 31.7 Å². The zero-order valence-corrected chi connectivity index (χ0v) is 19.7. The fourth-order valence-corrected chi connectivity index (χ4v) is 4.73. The van der Waals surface area contributed by atoms with Crippen molar-refractivity contribution in [3.05, 3.63) is 100 Å². The van der Waals surface area contributed by atoms with Crippen LogP contribution in [0.25, 0.3) is 0 Å². The Labute approximate surface area is 192 Å². The number of rotatable bonds is 9. The minimum atomic E-state index is -3.85. The number of aryl methyl sites for hydroxylation is 1. The van der Waals surface area contributed by atoms with Gasteiger partial charge in [0.25, 0.3) is 0 Å². The van der Waals surface area contributed by atoms with E-state index in [1.807, 2.05) is 61.5 Å². The van der Waals surface area contributed by atoms with Gasteiger partial charge in [-0.15, -0.1) is 0 Å². The van der Waals surface area contributed by atoms with Crippen LogP contribution in [0.5, 0.6) is 0 Å². The summed E-state index contributed by atoms with van der Waals surface area (Å²) < 4.78 is 28.6. The molecule has 1 amide bonds. The summed E-state index contributed by atoms with van der Waals surface area (Å²) in [5.74, 6) is -0.330. The monoisotopic (exact) mass is 500 g/mol. The molecule has 3 aromatic carbocycles. The van der Waals surface area contributed by atoms with E-state index in [4.69, 9.17) is 0 Å². The molecule has 0 aliphatic rings. The number of benzene rings is 3. The molecule has 1 N–H and O–H groups in total. The van der Waals surface area contributed by atoms with Crippen LogP contribution in [0, 0.1) is 6.92 Å². The van der Waals surface area contributed by atoms with Crippen LogP contribution in [-0.2, 0) is 27.8 Å². The van der Waals surface area contributed by atoms with Crippen molar-refractivity contribution in [2.24, 2.45) is 0 Å². The van der Waals surface area contributed by atoms with Gasteiger partial charge in [-0.2, -0.15) is 4.31 Å². The Morgan fingerprint density at radius 3 is 2.19 bits per heavy atom. The molecule has 0 saturated heterocycles. The van der Waals surface area contributed by atoms with Crippen LogP contribution in [0.2, 0.25) is 0 Å². The Morgan fingerprint density at radius 2 is 1.55 bits per heavy atom. The summed E-state index contributed by atoms with van der Waals surface area (Å²) in [5, 5.41) is 2.84. The van der Waals surface area contributed by atoms with Crippen molar-refractivity contribution < 1.29 is 13.2 Å². The van der Waals surface area contributed by atoms with Crippen LogP contribution < -0.4 is 5.32 Å². The Kier molecular flexibility index (Phi) is 8.01. The van der Waals surface area contributed by atoms with E-state index in [0.717, 1.165) is 21.2 Å². The molecule has 0 fully saturated rings. The van der Waals surface area contributed by atoms with E-state index in [9.17, 15) is 13.2 Å². The Balaban J connectivity index is 1.73. The molecule has 0 saturated carbocycles. The number of hydrogen-bond acceptors (Lipinski definition) is 3. The maximum absolute atomic E-state index is 13.3. The number of nitrogens with zero attached hydrogens (tertiary/aromatic N) is 1. The summed E-state index contributed by atoms with van der Waals surface area (Å²) in [7, 11) is -3.85. The van der Waals surface area contributed by atoms with Crippen molar-refractivity contribution in [1.82, 2.24) is 9.62 Å². The highest BCUT2D eigenvalue weighted by Gasteiger charge is 2.26. The summed E-state index contributed by atoms with van der Waals surface area (Å²) in [6.45, 7) is 2.28. The van der Waals surface area contributed by atoms with E-state index < -0.39 is 10.0 Å². The normalized spacial score (nSPS) is 11.5. The Hall–Kier alpha value is -2.48. The molecule has 0 radical (unpaired) electrons. The number of halogens is 1. The minimum absolute atomic E-state index is 0.116. The lowest BCUT2D eigenvalue weighted by atomic mass is 10.1. The quantitative estimate of drug-likeness (QED) is 0.476. The Bertz CT molecular complexity index is 1100. The maximum Gasteiger partial charge on any atom is 0.243 e. The minimum Gasteiger partial charge on any atom is -0.355 e. The average molecular weight is 501 g/mol. The molecular formula is C24H25BrN2O3S. The zero-order chi connectivity index (χ0) is 22.3. The van der Waals surface area contributed by atoms with Gasteiger partial charge < -0.3 is 5.32 Å². The van der Waals surface area contributed by atoms with Gasteiger partial charge in [0.15, 0.2) is 0 Å². The number of carbonyl (C=O) groups is 1. The first kappa shape index (κ1) is 23.2. The van der Waals surface area contributed by atoms with Gasteiger partial charge in [0.05, 0.1) is 11.4 Å². The third-order valence-corrected chi connectivity index (χ3v) is 7.16. The first-order valence-electron chi connectivity index (χ1n) is 9.96. The molecule has 0 aromatic heterocycles. The highest BCUT2D eigenvalue weighted by molar-refractivity contribution is 9.10. The van der Waals surface area contributed by atoms with Crippen LogP contribution in [0.4, 0.5) is 0 Å². The number of nitrogens with one attached hydrogen (secondary N) is 1. The number of carbonyl (C=O) groups excluding carboxylic acids is 1. The molecule has 0 bridgehead atoms. The van der Waals surface area contributed by atoms with Crippen LogP contribution in [0.15, 0.2) is 88.2 Å². The SMILES string of the molecule is Cc1ccc(CN(CC(=O)NCCc2ccccc2)S(=O)(=O)c2ccc(Br)cc2)cc1. The number of hydrogen-bond donors (Lipinski definition) is 1. The molecule has 0 aliphatic heterocycles. The van der Waals surface area contributed by atoms with Crippen molar-refractivity contribution >= 4 is 31.9 Å². The van der Waals surface area contributed by atoms with Gasteiger partial charge in [-0.25, -0.2) is 8.42 Å². The van der Waals surface area contributed by atoms with E-state index in [1.165, 1.54) is 16.4 Å². The lowest BCUT2D eigenvalue weighted by Crippen LogP contribution is -2.40. The predicted octanol–water partition coefficient (Wildman–Crippen LogP) is 4.31. The summed E-state index contributed by atoms with van der Waals surface area (Å²) in [5.41, 5.74) is 3.02. The van der Waals surface area contributed by atoms with Crippen molar-refractivity contribution in [3.63, 3.8) is 0 Å². The van der Waals surface area contributed by atoms with Crippen molar-refractivity contribution in [3.8, 4) is 0 Å². The van der Waals surface area contributed by atoms with Crippen LogP contribution in [0.1, 0.15) is 16.7 Å². The third kappa shape index (κ3) is 6.75. The van der Waals surface area contributed by atoms with Gasteiger partial charge in [0.1, 0.15) is 0 Å². The lowest BCUT2D eigenvalue weighted by molar-refractivity contribution is -0.121. The largest absolute Gasteiger partial charge is 0.355 e. The van der Waals surface area contributed by atoms with Crippen molar-refractivity contribution in [2.75, 3.05) is 13.1 Å². The summed E-state index contributed by atoms with van der Waals surface area (Å²) >= 11 is 3.33. The molecule has 0 unspecified atom stereocenters. The van der Waals surface area contributed by atoms with E-state index in [2.05, 4.69) is 21.2 Å². The van der Waals surface area contributed by atoms with Gasteiger partial charge >= 0.3 is 0 Å². The van der Waals surface area contributed by atoms with E-state index in [0.29, 0.717) is 13.0 Å². The topological polar surface area (TPSA) is 66.5 Å². The third-order valence-electron chi connectivity index (χ3n) is 4.83. The van der Waals surface area contributed by atoms with E-state index in [1.54, 1.807) is 12.1 Å². The van der Waals surface area contributed by atoms with Crippen molar-refractivity contribution in [1.29, 1.82) is 0 Å². The fraction of sp³-hybridized carbons (Fsp3) is 0.208. The summed E-state index contributed by atoms with van der Waals surface area (Å²) in [6.07, 6.45) is 0.685. The smallest absolute Gasteiger partial charge is 0.243 e. The molecular weight excluding hydrogens is 476 g/mol. The molecule has 3 aromatic rings. The van der Waals surface area contributed by atoms with E-state index in [-0.39, 0.29) is 23.9 Å². The second kappa shape index (κ2) is 10.7. The van der Waals surface area contributed by atoms with Gasteiger partial charge in [0.2, 0.25) is 15.9 Å². The van der Waals surface area contributed by atoms with Crippen LogP contribution >= 0.6 is 15.9 Å². The zero-order valence-electron chi connectivity index (χ0n) is 17.3. The highest BCUT2D eigenvalue weighted by atomic mass is 79.9. The predicted molar refractivity (Wildman–Crippen MR) is 126 cm³/mol.